The van der Waals surface area contributed by atoms with Gasteiger partial charge in [-0.15, -0.1) is 0 Å². The molecule has 1 aromatic rings. The van der Waals surface area contributed by atoms with Crippen LogP contribution in [-0.4, -0.2) is 40.8 Å². The van der Waals surface area contributed by atoms with Crippen molar-refractivity contribution in [3.05, 3.63) is 35.4 Å². The Morgan fingerprint density at radius 3 is 2.80 bits per heavy atom. The van der Waals surface area contributed by atoms with Crippen molar-refractivity contribution in [3.8, 4) is 0 Å². The zero-order valence-corrected chi connectivity index (χ0v) is 12.7. The maximum absolute atomic E-state index is 10.7. The molecule has 20 heavy (non-hydrogen) atoms. The summed E-state index contributed by atoms with van der Waals surface area (Å²) >= 11 is 0. The standard InChI is InChI=1S/C17H25NO2/c1-12-10-18(11-17(2,3)20-12)15-9-8-13-6-4-5-7-14(13)16(15)19/h4-7,12,15-16,19H,8-11H2,1-3H3. The molecular formula is C17H25NO2. The first-order valence-corrected chi connectivity index (χ1v) is 7.64. The van der Waals surface area contributed by atoms with Gasteiger partial charge in [-0.1, -0.05) is 24.3 Å². The highest BCUT2D eigenvalue weighted by atomic mass is 16.5. The minimum absolute atomic E-state index is 0.131. The average Bonchev–Trinajstić information content (AvgIpc) is 2.37. The number of hydrogen-bond acceptors (Lipinski definition) is 3. The molecule has 0 aromatic heterocycles. The molecule has 0 bridgehead atoms. The van der Waals surface area contributed by atoms with Crippen LogP contribution in [0.1, 0.15) is 44.4 Å². The zero-order valence-electron chi connectivity index (χ0n) is 12.7. The first-order valence-electron chi connectivity index (χ1n) is 7.64. The fraction of sp³-hybridized carbons (Fsp3) is 0.647. The molecular weight excluding hydrogens is 250 g/mol. The van der Waals surface area contributed by atoms with Crippen LogP contribution in [0.5, 0.6) is 0 Å². The maximum atomic E-state index is 10.7. The summed E-state index contributed by atoms with van der Waals surface area (Å²) in [5.74, 6) is 0. The van der Waals surface area contributed by atoms with Gasteiger partial charge in [0.05, 0.1) is 17.8 Å². The van der Waals surface area contributed by atoms with Gasteiger partial charge in [0.25, 0.3) is 0 Å². The van der Waals surface area contributed by atoms with Crippen LogP contribution in [0.15, 0.2) is 24.3 Å². The Hall–Kier alpha value is -0.900. The largest absolute Gasteiger partial charge is 0.387 e. The quantitative estimate of drug-likeness (QED) is 0.855. The van der Waals surface area contributed by atoms with Crippen LogP contribution >= 0.6 is 0 Å². The molecule has 3 unspecified atom stereocenters. The third-order valence-corrected chi connectivity index (χ3v) is 4.51. The SMILES string of the molecule is CC1CN(C2CCc3ccccc3C2O)CC(C)(C)O1. The van der Waals surface area contributed by atoms with Crippen molar-refractivity contribution in [2.24, 2.45) is 0 Å². The van der Waals surface area contributed by atoms with E-state index >= 15 is 0 Å². The molecule has 1 aliphatic carbocycles. The Kier molecular flexibility index (Phi) is 3.61. The van der Waals surface area contributed by atoms with Crippen molar-refractivity contribution in [1.29, 1.82) is 0 Å². The molecule has 1 saturated heterocycles. The number of aliphatic hydroxyl groups is 1. The Bertz CT molecular complexity index is 486. The smallest absolute Gasteiger partial charge is 0.0947 e. The monoisotopic (exact) mass is 275 g/mol. The van der Waals surface area contributed by atoms with E-state index in [9.17, 15) is 5.11 Å². The predicted octanol–water partition coefficient (Wildman–Crippen LogP) is 2.53. The van der Waals surface area contributed by atoms with Gasteiger partial charge in [-0.25, -0.2) is 0 Å². The van der Waals surface area contributed by atoms with Gasteiger partial charge >= 0.3 is 0 Å². The van der Waals surface area contributed by atoms with E-state index < -0.39 is 0 Å². The predicted molar refractivity (Wildman–Crippen MR) is 79.7 cm³/mol. The molecule has 3 nitrogen and oxygen atoms in total. The second-order valence-electron chi connectivity index (χ2n) is 6.87. The van der Waals surface area contributed by atoms with Crippen molar-refractivity contribution >= 4 is 0 Å². The minimum atomic E-state index is -0.374. The van der Waals surface area contributed by atoms with Crippen molar-refractivity contribution in [1.82, 2.24) is 4.90 Å². The molecule has 3 atom stereocenters. The van der Waals surface area contributed by atoms with Gasteiger partial charge < -0.3 is 9.84 Å². The van der Waals surface area contributed by atoms with Crippen molar-refractivity contribution in [2.45, 2.75) is 57.5 Å². The Labute approximate surface area is 121 Å². The summed E-state index contributed by atoms with van der Waals surface area (Å²) in [4.78, 5) is 2.43. The molecule has 110 valence electrons. The summed E-state index contributed by atoms with van der Waals surface area (Å²) in [5.41, 5.74) is 2.28. The van der Waals surface area contributed by atoms with Crippen molar-refractivity contribution < 1.29 is 9.84 Å². The average molecular weight is 275 g/mol. The van der Waals surface area contributed by atoms with E-state index in [0.29, 0.717) is 0 Å². The lowest BCUT2D eigenvalue weighted by Gasteiger charge is -2.47. The molecule has 0 saturated carbocycles. The van der Waals surface area contributed by atoms with Crippen LogP contribution in [-0.2, 0) is 11.2 Å². The summed E-state index contributed by atoms with van der Waals surface area (Å²) in [5, 5.41) is 10.7. The highest BCUT2D eigenvalue weighted by Gasteiger charge is 2.39. The lowest BCUT2D eigenvalue weighted by atomic mass is 9.84. The number of hydrogen-bond donors (Lipinski definition) is 1. The fourth-order valence-corrected chi connectivity index (χ4v) is 3.86. The van der Waals surface area contributed by atoms with E-state index in [0.717, 1.165) is 31.5 Å². The number of aliphatic hydroxyl groups excluding tert-OH is 1. The van der Waals surface area contributed by atoms with Crippen LogP contribution in [0, 0.1) is 0 Å². The Morgan fingerprint density at radius 1 is 1.30 bits per heavy atom. The Morgan fingerprint density at radius 2 is 2.05 bits per heavy atom. The lowest BCUT2D eigenvalue weighted by molar-refractivity contribution is -0.149. The van der Waals surface area contributed by atoms with Gasteiger partial charge in [0, 0.05) is 19.1 Å². The number of benzene rings is 1. The first-order chi connectivity index (χ1) is 9.46. The van der Waals surface area contributed by atoms with Gasteiger partial charge in [0.2, 0.25) is 0 Å². The van der Waals surface area contributed by atoms with Gasteiger partial charge in [0.1, 0.15) is 0 Å². The number of ether oxygens (including phenoxy) is 1. The van der Waals surface area contributed by atoms with Crippen LogP contribution in [0.2, 0.25) is 0 Å². The summed E-state index contributed by atoms with van der Waals surface area (Å²) in [6.07, 6.45) is 1.94. The summed E-state index contributed by atoms with van der Waals surface area (Å²) < 4.78 is 5.98. The molecule has 0 radical (unpaired) electrons. The number of aryl methyl sites for hydroxylation is 1. The maximum Gasteiger partial charge on any atom is 0.0947 e. The first kappa shape index (κ1) is 14.1. The molecule has 1 aliphatic heterocycles. The lowest BCUT2D eigenvalue weighted by Crippen LogP contribution is -2.57. The van der Waals surface area contributed by atoms with E-state index in [1.54, 1.807) is 0 Å². The van der Waals surface area contributed by atoms with E-state index in [1.807, 2.05) is 6.07 Å². The van der Waals surface area contributed by atoms with Crippen molar-refractivity contribution in [2.75, 3.05) is 13.1 Å². The summed E-state index contributed by atoms with van der Waals surface area (Å²) in [6.45, 7) is 8.20. The molecule has 2 aliphatic rings. The van der Waals surface area contributed by atoms with E-state index in [1.165, 1.54) is 5.56 Å². The molecule has 3 rings (SSSR count). The summed E-state index contributed by atoms with van der Waals surface area (Å²) in [7, 11) is 0. The van der Waals surface area contributed by atoms with Gasteiger partial charge in [-0.3, -0.25) is 4.90 Å². The molecule has 1 heterocycles. The molecule has 0 amide bonds. The highest BCUT2D eigenvalue weighted by Crippen LogP contribution is 2.35. The van der Waals surface area contributed by atoms with Gasteiger partial charge in [-0.05, 0) is 44.7 Å². The molecule has 1 aromatic carbocycles. The number of morpholine rings is 1. The third-order valence-electron chi connectivity index (χ3n) is 4.51. The van der Waals surface area contributed by atoms with E-state index in [4.69, 9.17) is 4.74 Å². The molecule has 0 spiro atoms. The molecule has 1 fully saturated rings. The summed E-state index contributed by atoms with van der Waals surface area (Å²) in [6, 6.07) is 8.51. The number of nitrogens with zero attached hydrogens (tertiary/aromatic N) is 1. The Balaban J connectivity index is 1.82. The zero-order chi connectivity index (χ0) is 14.3. The third kappa shape index (κ3) is 2.62. The normalized spacial score (nSPS) is 33.7. The topological polar surface area (TPSA) is 32.7 Å². The van der Waals surface area contributed by atoms with E-state index in [2.05, 4.69) is 43.9 Å². The van der Waals surface area contributed by atoms with Crippen LogP contribution < -0.4 is 0 Å². The number of rotatable bonds is 1. The van der Waals surface area contributed by atoms with Gasteiger partial charge in [0.15, 0.2) is 0 Å². The van der Waals surface area contributed by atoms with Gasteiger partial charge in [-0.2, -0.15) is 0 Å². The number of fused-ring (bicyclic) bond motifs is 1. The second kappa shape index (κ2) is 5.14. The van der Waals surface area contributed by atoms with E-state index in [-0.39, 0.29) is 23.9 Å². The molecule has 1 N–H and O–H groups in total. The van der Waals surface area contributed by atoms with Crippen LogP contribution in [0.25, 0.3) is 0 Å². The van der Waals surface area contributed by atoms with Crippen LogP contribution in [0.3, 0.4) is 0 Å². The van der Waals surface area contributed by atoms with Crippen molar-refractivity contribution in [3.63, 3.8) is 0 Å². The second-order valence-corrected chi connectivity index (χ2v) is 6.87. The minimum Gasteiger partial charge on any atom is -0.387 e. The van der Waals surface area contributed by atoms with Crippen LogP contribution in [0.4, 0.5) is 0 Å². The molecule has 3 heteroatoms. The highest BCUT2D eigenvalue weighted by molar-refractivity contribution is 5.32. The fourth-order valence-electron chi connectivity index (χ4n) is 3.86.